The lowest BCUT2D eigenvalue weighted by Crippen LogP contribution is -2.15. The number of hydrogen-bond donors (Lipinski definition) is 2. The number of rotatable bonds is 7. The molecule has 30 heavy (non-hydrogen) atoms. The zero-order valence-corrected chi connectivity index (χ0v) is 17.9. The third kappa shape index (κ3) is 5.39. The Kier molecular flexibility index (Phi) is 6.42. The molecule has 0 aliphatic rings. The molecule has 3 rings (SSSR count). The maximum atomic E-state index is 12.6. The van der Waals surface area contributed by atoms with Gasteiger partial charge in [-0.3, -0.25) is 9.52 Å². The Bertz CT molecular complexity index is 1140. The Morgan fingerprint density at radius 1 is 0.867 bits per heavy atom. The highest BCUT2D eigenvalue weighted by atomic mass is 32.2. The van der Waals surface area contributed by atoms with Crippen LogP contribution in [-0.2, 0) is 21.2 Å². The Morgan fingerprint density at radius 3 is 2.10 bits per heavy atom. The van der Waals surface area contributed by atoms with Crippen molar-refractivity contribution in [3.05, 3.63) is 83.4 Å². The number of ether oxygens (including phenoxy) is 1. The summed E-state index contributed by atoms with van der Waals surface area (Å²) in [6.07, 6.45) is 0.250. The molecule has 1 amide bonds. The van der Waals surface area contributed by atoms with Gasteiger partial charge in [-0.15, -0.1) is 0 Å². The zero-order chi connectivity index (χ0) is 21.7. The molecule has 0 fully saturated rings. The Balaban J connectivity index is 1.64. The summed E-state index contributed by atoms with van der Waals surface area (Å²) in [5.74, 6) is 0.476. The van der Waals surface area contributed by atoms with Crippen LogP contribution in [0.2, 0.25) is 0 Å². The number of anilines is 2. The van der Waals surface area contributed by atoms with Crippen molar-refractivity contribution in [2.75, 3.05) is 17.1 Å². The standard InChI is InChI=1S/C23H24N2O4S/c1-16-4-5-18(14-17(16)2)15-23(26)24-19-8-12-22(13-9-19)30(27,28)25-20-6-10-21(29-3)11-7-20/h4-14,25H,15H2,1-3H3,(H,24,26). The van der Waals surface area contributed by atoms with Crippen LogP contribution >= 0.6 is 0 Å². The topological polar surface area (TPSA) is 84.5 Å². The van der Waals surface area contributed by atoms with Crippen LogP contribution in [0.5, 0.6) is 5.75 Å². The lowest BCUT2D eigenvalue weighted by molar-refractivity contribution is -0.115. The predicted octanol–water partition coefficient (Wildman–Crippen LogP) is 4.29. The highest BCUT2D eigenvalue weighted by Gasteiger charge is 2.14. The first-order chi connectivity index (χ1) is 14.3. The van der Waals surface area contributed by atoms with Crippen molar-refractivity contribution in [3.8, 4) is 5.75 Å². The minimum absolute atomic E-state index is 0.102. The van der Waals surface area contributed by atoms with Gasteiger partial charge in [0.15, 0.2) is 0 Å². The molecule has 0 aromatic heterocycles. The minimum atomic E-state index is -3.74. The van der Waals surface area contributed by atoms with Gasteiger partial charge in [-0.2, -0.15) is 0 Å². The number of hydrogen-bond acceptors (Lipinski definition) is 4. The molecule has 0 atom stereocenters. The van der Waals surface area contributed by atoms with E-state index in [-0.39, 0.29) is 17.2 Å². The maximum Gasteiger partial charge on any atom is 0.261 e. The number of nitrogens with one attached hydrogen (secondary N) is 2. The first kappa shape index (κ1) is 21.4. The first-order valence-electron chi connectivity index (χ1n) is 9.40. The number of sulfonamides is 1. The minimum Gasteiger partial charge on any atom is -0.497 e. The van der Waals surface area contributed by atoms with Gasteiger partial charge in [0.05, 0.1) is 18.4 Å². The molecule has 0 unspecified atom stereocenters. The van der Waals surface area contributed by atoms with Gasteiger partial charge < -0.3 is 10.1 Å². The second-order valence-corrected chi connectivity index (χ2v) is 8.68. The van der Waals surface area contributed by atoms with Crippen LogP contribution in [0.4, 0.5) is 11.4 Å². The zero-order valence-electron chi connectivity index (χ0n) is 17.1. The van der Waals surface area contributed by atoms with Gasteiger partial charge in [0.25, 0.3) is 10.0 Å². The molecular weight excluding hydrogens is 400 g/mol. The molecular formula is C23H24N2O4S. The fraction of sp³-hybridized carbons (Fsp3) is 0.174. The monoisotopic (exact) mass is 424 g/mol. The normalized spacial score (nSPS) is 11.0. The summed E-state index contributed by atoms with van der Waals surface area (Å²) in [4.78, 5) is 12.4. The SMILES string of the molecule is COc1ccc(NS(=O)(=O)c2ccc(NC(=O)Cc3ccc(C)c(C)c3)cc2)cc1. The molecule has 0 radical (unpaired) electrons. The number of aryl methyl sites for hydroxylation is 2. The van der Waals surface area contributed by atoms with Crippen molar-refractivity contribution >= 4 is 27.3 Å². The van der Waals surface area contributed by atoms with Gasteiger partial charge >= 0.3 is 0 Å². The van der Waals surface area contributed by atoms with E-state index in [1.165, 1.54) is 17.7 Å². The van der Waals surface area contributed by atoms with Crippen molar-refractivity contribution in [1.82, 2.24) is 0 Å². The van der Waals surface area contributed by atoms with Crippen LogP contribution in [0.25, 0.3) is 0 Å². The van der Waals surface area contributed by atoms with Crippen LogP contribution in [0.3, 0.4) is 0 Å². The molecule has 2 N–H and O–H groups in total. The molecule has 0 aliphatic carbocycles. The maximum absolute atomic E-state index is 12.6. The summed E-state index contributed by atoms with van der Waals surface area (Å²) in [7, 11) is -2.20. The van der Waals surface area contributed by atoms with E-state index >= 15 is 0 Å². The molecule has 156 valence electrons. The Labute approximate surface area is 177 Å². The van der Waals surface area contributed by atoms with Gasteiger partial charge in [0.2, 0.25) is 5.91 Å². The third-order valence-electron chi connectivity index (χ3n) is 4.73. The van der Waals surface area contributed by atoms with Crippen LogP contribution in [0.15, 0.2) is 71.6 Å². The predicted molar refractivity (Wildman–Crippen MR) is 118 cm³/mol. The number of methoxy groups -OCH3 is 1. The highest BCUT2D eigenvalue weighted by molar-refractivity contribution is 7.92. The lowest BCUT2D eigenvalue weighted by Gasteiger charge is -2.10. The first-order valence-corrected chi connectivity index (χ1v) is 10.9. The second kappa shape index (κ2) is 9.00. The van der Waals surface area contributed by atoms with Gasteiger partial charge in [0, 0.05) is 11.4 Å². The third-order valence-corrected chi connectivity index (χ3v) is 6.12. The van der Waals surface area contributed by atoms with E-state index in [2.05, 4.69) is 10.0 Å². The smallest absolute Gasteiger partial charge is 0.261 e. The van der Waals surface area contributed by atoms with E-state index in [1.807, 2.05) is 32.0 Å². The van der Waals surface area contributed by atoms with Gasteiger partial charge in [0.1, 0.15) is 5.75 Å². The highest BCUT2D eigenvalue weighted by Crippen LogP contribution is 2.21. The van der Waals surface area contributed by atoms with Crippen molar-refractivity contribution in [3.63, 3.8) is 0 Å². The number of carbonyl (C=O) groups excluding carboxylic acids is 1. The van der Waals surface area contributed by atoms with Gasteiger partial charge in [-0.1, -0.05) is 18.2 Å². The van der Waals surface area contributed by atoms with E-state index in [9.17, 15) is 13.2 Å². The van der Waals surface area contributed by atoms with E-state index in [0.29, 0.717) is 17.1 Å². The van der Waals surface area contributed by atoms with Crippen molar-refractivity contribution in [2.45, 2.75) is 25.2 Å². The van der Waals surface area contributed by atoms with Gasteiger partial charge in [-0.05, 0) is 79.1 Å². The molecule has 0 bridgehead atoms. The van der Waals surface area contributed by atoms with Crippen molar-refractivity contribution in [1.29, 1.82) is 0 Å². The molecule has 3 aromatic rings. The second-order valence-electron chi connectivity index (χ2n) is 7.00. The summed E-state index contributed by atoms with van der Waals surface area (Å²) < 4.78 is 32.7. The van der Waals surface area contributed by atoms with Crippen LogP contribution in [0, 0.1) is 13.8 Å². The van der Waals surface area contributed by atoms with E-state index < -0.39 is 10.0 Å². The summed E-state index contributed by atoms with van der Waals surface area (Å²) in [5.41, 5.74) is 4.21. The summed E-state index contributed by atoms with van der Waals surface area (Å²) in [6, 6.07) is 18.6. The average Bonchev–Trinajstić information content (AvgIpc) is 2.71. The molecule has 0 aliphatic heterocycles. The lowest BCUT2D eigenvalue weighted by atomic mass is 10.0. The largest absolute Gasteiger partial charge is 0.497 e. The molecule has 3 aromatic carbocycles. The fourth-order valence-corrected chi connectivity index (χ4v) is 3.95. The Morgan fingerprint density at radius 2 is 1.50 bits per heavy atom. The van der Waals surface area contributed by atoms with Crippen LogP contribution in [-0.4, -0.2) is 21.4 Å². The number of carbonyl (C=O) groups is 1. The van der Waals surface area contributed by atoms with Crippen LogP contribution < -0.4 is 14.8 Å². The molecule has 0 saturated carbocycles. The van der Waals surface area contributed by atoms with E-state index in [0.717, 1.165) is 11.1 Å². The number of benzene rings is 3. The average molecular weight is 425 g/mol. The number of amides is 1. The molecule has 0 heterocycles. The van der Waals surface area contributed by atoms with Gasteiger partial charge in [-0.25, -0.2) is 8.42 Å². The van der Waals surface area contributed by atoms with Crippen molar-refractivity contribution in [2.24, 2.45) is 0 Å². The van der Waals surface area contributed by atoms with Crippen molar-refractivity contribution < 1.29 is 17.9 Å². The molecule has 0 saturated heterocycles. The fourth-order valence-electron chi connectivity index (χ4n) is 2.89. The van der Waals surface area contributed by atoms with E-state index in [1.54, 1.807) is 43.5 Å². The summed E-state index contributed by atoms with van der Waals surface area (Å²) >= 11 is 0. The summed E-state index contributed by atoms with van der Waals surface area (Å²) in [5, 5.41) is 2.80. The van der Waals surface area contributed by atoms with E-state index in [4.69, 9.17) is 4.74 Å². The summed E-state index contributed by atoms with van der Waals surface area (Å²) in [6.45, 7) is 4.04. The quantitative estimate of drug-likeness (QED) is 0.592. The Hall–Kier alpha value is -3.32. The molecule has 0 spiro atoms. The van der Waals surface area contributed by atoms with Crippen LogP contribution in [0.1, 0.15) is 16.7 Å². The molecule has 7 heteroatoms. The molecule has 6 nitrogen and oxygen atoms in total.